The third kappa shape index (κ3) is 5.50. The van der Waals surface area contributed by atoms with Crippen molar-refractivity contribution in [3.8, 4) is 5.75 Å². The molecule has 5 rings (SSSR count). The molecule has 8 heteroatoms. The number of piperidine rings is 3. The molecule has 3 heterocycles. The fourth-order valence-electron chi connectivity index (χ4n) is 4.33. The van der Waals surface area contributed by atoms with Crippen LogP contribution in [0.2, 0.25) is 0 Å². The monoisotopic (exact) mass is 456 g/mol. The first-order valence-electron chi connectivity index (χ1n) is 10.5. The van der Waals surface area contributed by atoms with Crippen molar-refractivity contribution in [2.45, 2.75) is 24.0 Å². The minimum atomic E-state index is -0.0576. The lowest BCUT2D eigenvalue weighted by atomic mass is 9.78. The predicted octanol–water partition coefficient (Wildman–Crippen LogP) is 3.61. The molecule has 0 spiro atoms. The Bertz CT molecular complexity index is 886. The van der Waals surface area contributed by atoms with Crippen LogP contribution in [-0.4, -0.2) is 41.5 Å². The van der Waals surface area contributed by atoms with Gasteiger partial charge in [0, 0.05) is 11.4 Å². The topological polar surface area (TPSA) is 65.6 Å². The molecule has 0 aromatic heterocycles. The van der Waals surface area contributed by atoms with E-state index >= 15 is 0 Å². The van der Waals surface area contributed by atoms with E-state index in [1.54, 1.807) is 7.11 Å². The van der Waals surface area contributed by atoms with Gasteiger partial charge in [-0.25, -0.2) is 0 Å². The Labute approximate surface area is 193 Å². The van der Waals surface area contributed by atoms with Gasteiger partial charge in [0.05, 0.1) is 18.4 Å². The molecular weight excluding hydrogens is 428 g/mol. The Morgan fingerprint density at radius 2 is 1.81 bits per heavy atom. The Balaban J connectivity index is 1.35. The van der Waals surface area contributed by atoms with E-state index in [2.05, 4.69) is 33.2 Å². The van der Waals surface area contributed by atoms with E-state index in [9.17, 15) is 4.79 Å². The molecule has 2 unspecified atom stereocenters. The third-order valence-electron chi connectivity index (χ3n) is 5.96. The molecular formula is C23H28N4O2S2. The molecule has 3 aliphatic heterocycles. The number of carbonyl (C=O) groups is 1. The summed E-state index contributed by atoms with van der Waals surface area (Å²) in [6.07, 6.45) is 2.15. The number of methoxy groups -OCH3 is 1. The SMILES string of the molecule is COc1ccc(CSC2C(C(=O)NNC(=S)Nc3ccccc3)C3CCN2CC3)cc1. The number of rotatable bonds is 6. The van der Waals surface area contributed by atoms with Crippen LogP contribution in [0.15, 0.2) is 54.6 Å². The highest BCUT2D eigenvalue weighted by Crippen LogP contribution is 2.42. The lowest BCUT2D eigenvalue weighted by Crippen LogP contribution is -2.59. The molecule has 3 N–H and O–H groups in total. The normalized spacial score (nSPS) is 24.3. The van der Waals surface area contributed by atoms with Gasteiger partial charge in [-0.1, -0.05) is 30.3 Å². The summed E-state index contributed by atoms with van der Waals surface area (Å²) in [5.74, 6) is 2.09. The smallest absolute Gasteiger partial charge is 0.244 e. The molecule has 164 valence electrons. The molecule has 2 aromatic rings. The third-order valence-corrected chi connectivity index (χ3v) is 7.60. The van der Waals surface area contributed by atoms with E-state index < -0.39 is 0 Å². The van der Waals surface area contributed by atoms with Crippen molar-refractivity contribution in [3.05, 3.63) is 60.2 Å². The van der Waals surface area contributed by atoms with Crippen LogP contribution in [0, 0.1) is 11.8 Å². The van der Waals surface area contributed by atoms with Crippen LogP contribution in [0.5, 0.6) is 5.75 Å². The van der Waals surface area contributed by atoms with Gasteiger partial charge in [-0.15, -0.1) is 11.8 Å². The first kappa shape index (κ1) is 21.9. The Morgan fingerprint density at radius 3 is 2.48 bits per heavy atom. The highest BCUT2D eigenvalue weighted by molar-refractivity contribution is 7.99. The summed E-state index contributed by atoms with van der Waals surface area (Å²) in [4.78, 5) is 15.6. The van der Waals surface area contributed by atoms with Crippen molar-refractivity contribution < 1.29 is 9.53 Å². The average molecular weight is 457 g/mol. The number of carbonyl (C=O) groups excluding carboxylic acids is 1. The summed E-state index contributed by atoms with van der Waals surface area (Å²) >= 11 is 7.17. The number of amides is 1. The average Bonchev–Trinajstić information content (AvgIpc) is 2.82. The van der Waals surface area contributed by atoms with Gasteiger partial charge in [0.2, 0.25) is 5.91 Å². The molecule has 3 aliphatic rings. The molecule has 0 aliphatic carbocycles. The maximum atomic E-state index is 13.1. The van der Waals surface area contributed by atoms with E-state index in [4.69, 9.17) is 17.0 Å². The maximum Gasteiger partial charge on any atom is 0.244 e. The number of thioether (sulfide) groups is 1. The number of para-hydroxylation sites is 1. The molecule has 2 aromatic carbocycles. The fourth-order valence-corrected chi connectivity index (χ4v) is 6.03. The van der Waals surface area contributed by atoms with Crippen LogP contribution < -0.4 is 20.9 Å². The zero-order valence-electron chi connectivity index (χ0n) is 17.5. The van der Waals surface area contributed by atoms with Gasteiger partial charge in [0.15, 0.2) is 5.11 Å². The number of benzene rings is 2. The van der Waals surface area contributed by atoms with Gasteiger partial charge in [-0.05, 0) is 73.9 Å². The van der Waals surface area contributed by atoms with Gasteiger partial charge in [-0.2, -0.15) is 0 Å². The number of hydrogen-bond donors (Lipinski definition) is 3. The Morgan fingerprint density at radius 1 is 1.10 bits per heavy atom. The highest BCUT2D eigenvalue weighted by atomic mass is 32.2. The van der Waals surface area contributed by atoms with Crippen molar-refractivity contribution in [1.29, 1.82) is 0 Å². The van der Waals surface area contributed by atoms with Gasteiger partial charge >= 0.3 is 0 Å². The van der Waals surface area contributed by atoms with E-state index in [0.29, 0.717) is 11.0 Å². The number of nitrogens with zero attached hydrogens (tertiary/aromatic N) is 1. The fraction of sp³-hybridized carbons (Fsp3) is 0.391. The maximum absolute atomic E-state index is 13.1. The molecule has 0 saturated carbocycles. The lowest BCUT2D eigenvalue weighted by Gasteiger charge is -2.49. The quantitative estimate of drug-likeness (QED) is 0.453. The van der Waals surface area contributed by atoms with Gasteiger partial charge in [-0.3, -0.25) is 20.5 Å². The van der Waals surface area contributed by atoms with Gasteiger partial charge < -0.3 is 10.1 Å². The number of fused-ring (bicyclic) bond motifs is 3. The van der Waals surface area contributed by atoms with E-state index in [-0.39, 0.29) is 17.2 Å². The van der Waals surface area contributed by atoms with Crippen molar-refractivity contribution in [3.63, 3.8) is 0 Å². The zero-order chi connectivity index (χ0) is 21.6. The molecule has 2 atom stereocenters. The Kier molecular flexibility index (Phi) is 7.32. The summed E-state index contributed by atoms with van der Waals surface area (Å²) in [5.41, 5.74) is 7.84. The summed E-state index contributed by atoms with van der Waals surface area (Å²) < 4.78 is 5.25. The zero-order valence-corrected chi connectivity index (χ0v) is 19.2. The molecule has 3 saturated heterocycles. The molecule has 1 amide bonds. The van der Waals surface area contributed by atoms with Crippen LogP contribution in [0.1, 0.15) is 18.4 Å². The first-order chi connectivity index (χ1) is 15.1. The second-order valence-electron chi connectivity index (χ2n) is 7.88. The number of hydrazine groups is 1. The van der Waals surface area contributed by atoms with Gasteiger partial charge in [0.1, 0.15) is 5.75 Å². The van der Waals surface area contributed by atoms with Crippen molar-refractivity contribution >= 4 is 40.7 Å². The van der Waals surface area contributed by atoms with Crippen molar-refractivity contribution in [1.82, 2.24) is 15.8 Å². The van der Waals surface area contributed by atoms with Crippen molar-refractivity contribution in [2.24, 2.45) is 11.8 Å². The highest BCUT2D eigenvalue weighted by Gasteiger charge is 2.46. The van der Waals surface area contributed by atoms with Gasteiger partial charge in [0.25, 0.3) is 0 Å². The molecule has 3 fully saturated rings. The second-order valence-corrected chi connectivity index (χ2v) is 9.40. The van der Waals surface area contributed by atoms with Crippen LogP contribution in [-0.2, 0) is 10.5 Å². The van der Waals surface area contributed by atoms with Crippen LogP contribution in [0.4, 0.5) is 5.69 Å². The summed E-state index contributed by atoms with van der Waals surface area (Å²) in [7, 11) is 1.67. The number of ether oxygens (including phenoxy) is 1. The summed E-state index contributed by atoms with van der Waals surface area (Å²) in [6.45, 7) is 2.13. The largest absolute Gasteiger partial charge is 0.497 e. The molecule has 0 radical (unpaired) electrons. The first-order valence-corrected chi connectivity index (χ1v) is 12.0. The number of anilines is 1. The second kappa shape index (κ2) is 10.3. The van der Waals surface area contributed by atoms with Crippen LogP contribution in [0.3, 0.4) is 0 Å². The molecule has 6 nitrogen and oxygen atoms in total. The Hall–Kier alpha value is -2.29. The van der Waals surface area contributed by atoms with E-state index in [1.807, 2.05) is 54.2 Å². The minimum absolute atomic E-state index is 0.0128. The summed E-state index contributed by atoms with van der Waals surface area (Å²) in [5, 5.41) is 3.63. The summed E-state index contributed by atoms with van der Waals surface area (Å²) in [6, 6.07) is 17.8. The number of nitrogens with one attached hydrogen (secondary N) is 3. The predicted molar refractivity (Wildman–Crippen MR) is 130 cm³/mol. The standard InChI is InChI=1S/C23H28N4O2S2/c1-29-19-9-7-16(8-10-19)15-31-22-20(17-11-13-27(22)14-12-17)21(28)25-26-23(30)24-18-5-3-2-4-6-18/h2-10,17,20,22H,11-15H2,1H3,(H,25,28)(H2,24,26,30). The minimum Gasteiger partial charge on any atom is -0.497 e. The number of hydrogen-bond acceptors (Lipinski definition) is 5. The van der Waals surface area contributed by atoms with Crippen molar-refractivity contribution in [2.75, 3.05) is 25.5 Å². The molecule has 31 heavy (non-hydrogen) atoms. The lowest BCUT2D eigenvalue weighted by molar-refractivity contribution is -0.132. The van der Waals surface area contributed by atoms with Crippen LogP contribution >= 0.6 is 24.0 Å². The van der Waals surface area contributed by atoms with E-state index in [0.717, 1.165) is 43.1 Å². The number of thiocarbonyl (C=S) groups is 1. The molecule has 2 bridgehead atoms. The van der Waals surface area contributed by atoms with Crippen LogP contribution in [0.25, 0.3) is 0 Å². The van der Waals surface area contributed by atoms with E-state index in [1.165, 1.54) is 5.56 Å².